The standard InChI is InChI=1S/C12H17N3O4S/c1-8(6-9-2-3-9)14-20(18,19)12-7-10(15(16)17)4-5-11(12)13/h4-5,7-9,14H,2-3,6,13H2,1H3. The fourth-order valence-corrected chi connectivity index (χ4v) is 3.51. The lowest BCUT2D eigenvalue weighted by Crippen LogP contribution is -2.33. The molecule has 20 heavy (non-hydrogen) atoms. The van der Waals surface area contributed by atoms with Gasteiger partial charge >= 0.3 is 0 Å². The Labute approximate surface area is 117 Å². The minimum Gasteiger partial charge on any atom is -0.398 e. The summed E-state index contributed by atoms with van der Waals surface area (Å²) >= 11 is 0. The van der Waals surface area contributed by atoms with Crippen molar-refractivity contribution in [3.8, 4) is 0 Å². The SMILES string of the molecule is CC(CC1CC1)NS(=O)(=O)c1cc([N+](=O)[O-])ccc1N. The summed E-state index contributed by atoms with van der Waals surface area (Å²) in [5.41, 5.74) is 5.33. The first-order valence-corrected chi connectivity index (χ1v) is 7.84. The van der Waals surface area contributed by atoms with Gasteiger partial charge in [0, 0.05) is 18.2 Å². The summed E-state index contributed by atoms with van der Waals surface area (Å²) in [5, 5.41) is 10.7. The van der Waals surface area contributed by atoms with Gasteiger partial charge in [-0.25, -0.2) is 13.1 Å². The highest BCUT2D eigenvalue weighted by molar-refractivity contribution is 7.89. The number of benzene rings is 1. The van der Waals surface area contributed by atoms with E-state index in [9.17, 15) is 18.5 Å². The van der Waals surface area contributed by atoms with Crippen LogP contribution in [0.4, 0.5) is 11.4 Å². The number of hydrogen-bond acceptors (Lipinski definition) is 5. The molecule has 1 fully saturated rings. The van der Waals surface area contributed by atoms with E-state index in [2.05, 4.69) is 4.72 Å². The highest BCUT2D eigenvalue weighted by Gasteiger charge is 2.27. The Morgan fingerprint density at radius 1 is 1.50 bits per heavy atom. The fourth-order valence-electron chi connectivity index (χ4n) is 2.10. The molecule has 2 rings (SSSR count). The molecule has 3 N–H and O–H groups in total. The van der Waals surface area contributed by atoms with Crippen LogP contribution in [-0.4, -0.2) is 19.4 Å². The number of anilines is 1. The van der Waals surface area contributed by atoms with E-state index in [1.165, 1.54) is 12.1 Å². The Morgan fingerprint density at radius 2 is 2.15 bits per heavy atom. The van der Waals surface area contributed by atoms with Crippen molar-refractivity contribution in [2.45, 2.75) is 37.1 Å². The van der Waals surface area contributed by atoms with Crippen LogP contribution in [0, 0.1) is 16.0 Å². The van der Waals surface area contributed by atoms with Gasteiger partial charge in [0.15, 0.2) is 0 Å². The van der Waals surface area contributed by atoms with Gasteiger partial charge in [-0.05, 0) is 25.3 Å². The first-order valence-electron chi connectivity index (χ1n) is 6.36. The molecule has 1 saturated carbocycles. The molecule has 0 radical (unpaired) electrons. The fraction of sp³-hybridized carbons (Fsp3) is 0.500. The van der Waals surface area contributed by atoms with Crippen molar-refractivity contribution >= 4 is 21.4 Å². The van der Waals surface area contributed by atoms with Crippen molar-refractivity contribution in [1.29, 1.82) is 0 Å². The number of nitro benzene ring substituents is 1. The summed E-state index contributed by atoms with van der Waals surface area (Å²) in [6, 6.07) is 3.19. The van der Waals surface area contributed by atoms with Crippen LogP contribution in [0.1, 0.15) is 26.2 Å². The summed E-state index contributed by atoms with van der Waals surface area (Å²) in [5.74, 6) is 0.579. The van der Waals surface area contributed by atoms with E-state index in [1.54, 1.807) is 6.92 Å². The topological polar surface area (TPSA) is 115 Å². The number of sulfonamides is 1. The molecule has 1 atom stereocenters. The van der Waals surface area contributed by atoms with Gasteiger partial charge in [0.05, 0.1) is 10.6 Å². The average molecular weight is 299 g/mol. The van der Waals surface area contributed by atoms with Crippen molar-refractivity contribution in [3.05, 3.63) is 28.3 Å². The van der Waals surface area contributed by atoms with Gasteiger partial charge in [-0.3, -0.25) is 10.1 Å². The normalized spacial score (nSPS) is 16.9. The summed E-state index contributed by atoms with van der Waals surface area (Å²) in [4.78, 5) is 9.83. The molecule has 7 nitrogen and oxygen atoms in total. The minimum absolute atomic E-state index is 0.00159. The van der Waals surface area contributed by atoms with Gasteiger partial charge in [-0.2, -0.15) is 0 Å². The predicted molar refractivity (Wildman–Crippen MR) is 74.6 cm³/mol. The molecule has 1 aromatic carbocycles. The molecule has 0 aromatic heterocycles. The van der Waals surface area contributed by atoms with Crippen molar-refractivity contribution < 1.29 is 13.3 Å². The first kappa shape index (κ1) is 14.7. The van der Waals surface area contributed by atoms with Crippen LogP contribution in [0.2, 0.25) is 0 Å². The van der Waals surface area contributed by atoms with E-state index >= 15 is 0 Å². The maximum atomic E-state index is 12.2. The smallest absolute Gasteiger partial charge is 0.270 e. The van der Waals surface area contributed by atoms with Gasteiger partial charge in [0.1, 0.15) is 4.90 Å². The van der Waals surface area contributed by atoms with Gasteiger partial charge < -0.3 is 5.73 Å². The highest BCUT2D eigenvalue weighted by atomic mass is 32.2. The number of rotatable bonds is 6. The number of nitrogen functional groups attached to an aromatic ring is 1. The highest BCUT2D eigenvalue weighted by Crippen LogP contribution is 2.34. The lowest BCUT2D eigenvalue weighted by Gasteiger charge is -2.14. The maximum absolute atomic E-state index is 12.2. The third-order valence-corrected chi connectivity index (χ3v) is 4.88. The summed E-state index contributed by atoms with van der Waals surface area (Å²) in [7, 11) is -3.84. The zero-order valence-electron chi connectivity index (χ0n) is 11.1. The van der Waals surface area contributed by atoms with Crippen molar-refractivity contribution in [2.75, 3.05) is 5.73 Å². The number of nitrogens with zero attached hydrogens (tertiary/aromatic N) is 1. The molecule has 0 bridgehead atoms. The molecule has 0 heterocycles. The first-order chi connectivity index (χ1) is 9.29. The zero-order valence-corrected chi connectivity index (χ0v) is 11.9. The monoisotopic (exact) mass is 299 g/mol. The number of non-ortho nitro benzene ring substituents is 1. The molecule has 1 aromatic rings. The van der Waals surface area contributed by atoms with Gasteiger partial charge in [-0.15, -0.1) is 0 Å². The Morgan fingerprint density at radius 3 is 2.70 bits per heavy atom. The van der Waals surface area contributed by atoms with Gasteiger partial charge in [0.25, 0.3) is 5.69 Å². The van der Waals surface area contributed by atoms with Crippen molar-refractivity contribution in [3.63, 3.8) is 0 Å². The maximum Gasteiger partial charge on any atom is 0.270 e. The van der Waals surface area contributed by atoms with Crippen LogP contribution in [0.25, 0.3) is 0 Å². The van der Waals surface area contributed by atoms with Gasteiger partial charge in [-0.1, -0.05) is 12.8 Å². The molecule has 1 unspecified atom stereocenters. The van der Waals surface area contributed by atoms with Crippen LogP contribution >= 0.6 is 0 Å². The van der Waals surface area contributed by atoms with Crippen molar-refractivity contribution in [1.82, 2.24) is 4.72 Å². The predicted octanol–water partition coefficient (Wildman–Crippen LogP) is 1.64. The molecule has 0 aliphatic heterocycles. The third kappa shape index (κ3) is 3.45. The molecular formula is C12H17N3O4S. The van der Waals surface area contributed by atoms with E-state index in [1.807, 2.05) is 0 Å². The lowest BCUT2D eigenvalue weighted by molar-refractivity contribution is -0.385. The molecule has 110 valence electrons. The Kier molecular flexibility index (Phi) is 3.96. The van der Waals surface area contributed by atoms with Crippen molar-refractivity contribution in [2.24, 2.45) is 5.92 Å². The second kappa shape index (κ2) is 5.37. The van der Waals surface area contributed by atoms with E-state index in [-0.39, 0.29) is 22.3 Å². The molecule has 8 heteroatoms. The average Bonchev–Trinajstić information content (AvgIpc) is 3.11. The molecule has 0 spiro atoms. The largest absolute Gasteiger partial charge is 0.398 e. The quantitative estimate of drug-likeness (QED) is 0.470. The molecule has 1 aliphatic carbocycles. The van der Waals surface area contributed by atoms with Gasteiger partial charge in [0.2, 0.25) is 10.0 Å². The van der Waals surface area contributed by atoms with Crippen LogP contribution < -0.4 is 10.5 Å². The zero-order chi connectivity index (χ0) is 14.9. The molecule has 1 aliphatic rings. The Hall–Kier alpha value is -1.67. The summed E-state index contributed by atoms with van der Waals surface area (Å²) in [6.45, 7) is 1.78. The van der Waals surface area contributed by atoms with Crippen LogP contribution in [0.15, 0.2) is 23.1 Å². The summed E-state index contributed by atoms with van der Waals surface area (Å²) < 4.78 is 27.0. The molecular weight excluding hydrogens is 282 g/mol. The van der Waals surface area contributed by atoms with E-state index in [0.29, 0.717) is 5.92 Å². The van der Waals surface area contributed by atoms with Crippen LogP contribution in [0.3, 0.4) is 0 Å². The molecule has 0 amide bonds. The number of nitro groups is 1. The number of hydrogen-bond donors (Lipinski definition) is 2. The van der Waals surface area contributed by atoms with Crippen LogP contribution in [0.5, 0.6) is 0 Å². The van der Waals surface area contributed by atoms with E-state index < -0.39 is 14.9 Å². The second-order valence-corrected chi connectivity index (χ2v) is 6.86. The van der Waals surface area contributed by atoms with Crippen LogP contribution in [-0.2, 0) is 10.0 Å². The number of nitrogens with two attached hydrogens (primary N) is 1. The minimum atomic E-state index is -3.84. The number of nitrogens with one attached hydrogen (secondary N) is 1. The molecule has 0 saturated heterocycles. The Balaban J connectivity index is 2.23. The summed E-state index contributed by atoms with van der Waals surface area (Å²) in [6.07, 6.45) is 3.03. The lowest BCUT2D eigenvalue weighted by atomic mass is 10.2. The van der Waals surface area contributed by atoms with E-state index in [0.717, 1.165) is 25.3 Å². The third-order valence-electron chi connectivity index (χ3n) is 3.24. The van der Waals surface area contributed by atoms with E-state index in [4.69, 9.17) is 5.73 Å². The second-order valence-electron chi connectivity index (χ2n) is 5.18. The Bertz CT molecular complexity index is 626.